The Hall–Kier alpha value is -1.20. The second-order valence-corrected chi connectivity index (χ2v) is 4.90. The van der Waals surface area contributed by atoms with Gasteiger partial charge < -0.3 is 9.84 Å². The molecular formula is C11H15N3OS. The maximum atomic E-state index is 5.23. The Morgan fingerprint density at radius 2 is 2.25 bits per heavy atom. The first-order valence-electron chi connectivity index (χ1n) is 5.31. The molecule has 4 nitrogen and oxygen atoms in total. The van der Waals surface area contributed by atoms with E-state index in [2.05, 4.69) is 35.4 Å². The Morgan fingerprint density at radius 3 is 2.88 bits per heavy atom. The number of aryl methyl sites for hydroxylation is 2. The molecule has 0 aliphatic heterocycles. The highest BCUT2D eigenvalue weighted by Gasteiger charge is 2.11. The van der Waals surface area contributed by atoms with E-state index in [1.807, 2.05) is 6.92 Å². The lowest BCUT2D eigenvalue weighted by Crippen LogP contribution is -2.12. The minimum absolute atomic E-state index is 0.620. The largest absolute Gasteiger partial charge is 0.333 e. The number of aromatic nitrogens is 2. The summed E-state index contributed by atoms with van der Waals surface area (Å²) in [4.78, 5) is 6.68. The zero-order valence-corrected chi connectivity index (χ0v) is 10.5. The molecule has 0 bridgehead atoms. The zero-order chi connectivity index (χ0) is 11.5. The van der Waals surface area contributed by atoms with Gasteiger partial charge in [0.1, 0.15) is 0 Å². The van der Waals surface area contributed by atoms with Gasteiger partial charge in [0.15, 0.2) is 5.82 Å². The van der Waals surface area contributed by atoms with Gasteiger partial charge in [-0.2, -0.15) is 4.98 Å². The van der Waals surface area contributed by atoms with Crippen LogP contribution in [0.25, 0.3) is 10.8 Å². The lowest BCUT2D eigenvalue weighted by atomic mass is 10.3. The van der Waals surface area contributed by atoms with Crippen molar-refractivity contribution in [2.75, 3.05) is 6.54 Å². The highest BCUT2D eigenvalue weighted by atomic mass is 32.1. The molecule has 2 aromatic heterocycles. The summed E-state index contributed by atoms with van der Waals surface area (Å²) < 4.78 is 5.23. The summed E-state index contributed by atoms with van der Waals surface area (Å²) in [7, 11) is 0. The van der Waals surface area contributed by atoms with Crippen molar-refractivity contribution in [2.45, 2.75) is 27.3 Å². The number of nitrogens with zero attached hydrogens (tertiary/aromatic N) is 2. The van der Waals surface area contributed by atoms with Crippen LogP contribution in [0, 0.1) is 13.8 Å². The molecule has 16 heavy (non-hydrogen) atoms. The van der Waals surface area contributed by atoms with Crippen molar-refractivity contribution in [3.05, 3.63) is 22.3 Å². The van der Waals surface area contributed by atoms with Gasteiger partial charge in [-0.05, 0) is 32.0 Å². The molecule has 0 aliphatic rings. The van der Waals surface area contributed by atoms with E-state index in [1.165, 1.54) is 10.4 Å². The zero-order valence-electron chi connectivity index (χ0n) is 9.70. The van der Waals surface area contributed by atoms with Crippen LogP contribution in [0.5, 0.6) is 0 Å². The number of hydrogen-bond acceptors (Lipinski definition) is 5. The molecule has 2 aromatic rings. The van der Waals surface area contributed by atoms with Crippen LogP contribution < -0.4 is 5.32 Å². The predicted octanol–water partition coefficient (Wildman–Crippen LogP) is 2.52. The lowest BCUT2D eigenvalue weighted by Gasteiger charge is -1.92. The summed E-state index contributed by atoms with van der Waals surface area (Å²) in [6.45, 7) is 7.79. The van der Waals surface area contributed by atoms with Crippen LogP contribution in [0.3, 0.4) is 0 Å². The average molecular weight is 237 g/mol. The van der Waals surface area contributed by atoms with Gasteiger partial charge in [-0.25, -0.2) is 0 Å². The molecular weight excluding hydrogens is 222 g/mol. The van der Waals surface area contributed by atoms with Crippen molar-refractivity contribution in [1.29, 1.82) is 0 Å². The van der Waals surface area contributed by atoms with Crippen LogP contribution in [0.4, 0.5) is 0 Å². The van der Waals surface area contributed by atoms with E-state index >= 15 is 0 Å². The first-order valence-corrected chi connectivity index (χ1v) is 6.13. The van der Waals surface area contributed by atoms with E-state index in [0.717, 1.165) is 11.4 Å². The summed E-state index contributed by atoms with van der Waals surface area (Å²) in [5, 5.41) is 7.09. The van der Waals surface area contributed by atoms with Gasteiger partial charge in [0.25, 0.3) is 5.89 Å². The van der Waals surface area contributed by atoms with Gasteiger partial charge in [-0.15, -0.1) is 11.3 Å². The molecule has 0 atom stereocenters. The van der Waals surface area contributed by atoms with Crippen LogP contribution in [0.2, 0.25) is 0 Å². The Labute approximate surface area is 98.7 Å². The first kappa shape index (κ1) is 11.3. The van der Waals surface area contributed by atoms with E-state index in [0.29, 0.717) is 18.3 Å². The van der Waals surface area contributed by atoms with Crippen LogP contribution in [-0.4, -0.2) is 16.7 Å². The lowest BCUT2D eigenvalue weighted by molar-refractivity contribution is 0.420. The molecule has 0 fully saturated rings. The third kappa shape index (κ3) is 2.31. The molecule has 0 saturated carbocycles. The Balaban J connectivity index is 2.18. The Morgan fingerprint density at radius 1 is 1.44 bits per heavy atom. The molecule has 0 saturated heterocycles. The highest BCUT2D eigenvalue weighted by Crippen LogP contribution is 2.29. The third-order valence-corrected chi connectivity index (χ3v) is 3.52. The summed E-state index contributed by atoms with van der Waals surface area (Å²) >= 11 is 1.69. The summed E-state index contributed by atoms with van der Waals surface area (Å²) in [6, 6.07) is 2.09. The SMILES string of the molecule is CCNCc1noc(-c2cc(C)c(C)s2)n1. The van der Waals surface area contributed by atoms with Gasteiger partial charge in [-0.1, -0.05) is 12.1 Å². The van der Waals surface area contributed by atoms with E-state index in [4.69, 9.17) is 4.52 Å². The standard InChI is InChI=1S/C11H15N3OS/c1-4-12-6-10-13-11(15-14-10)9-5-7(2)8(3)16-9/h5,12H,4,6H2,1-3H3. The molecule has 2 heterocycles. The van der Waals surface area contributed by atoms with Crippen molar-refractivity contribution in [1.82, 2.24) is 15.5 Å². The number of hydrogen-bond donors (Lipinski definition) is 1. The summed E-state index contributed by atoms with van der Waals surface area (Å²) in [5.41, 5.74) is 1.27. The van der Waals surface area contributed by atoms with Gasteiger partial charge in [0, 0.05) is 4.88 Å². The van der Waals surface area contributed by atoms with Crippen LogP contribution in [-0.2, 0) is 6.54 Å². The van der Waals surface area contributed by atoms with Crippen molar-refractivity contribution >= 4 is 11.3 Å². The molecule has 0 amide bonds. The molecule has 1 N–H and O–H groups in total. The molecule has 0 aliphatic carbocycles. The first-order chi connectivity index (χ1) is 7.70. The quantitative estimate of drug-likeness (QED) is 0.887. The van der Waals surface area contributed by atoms with Crippen molar-refractivity contribution in [3.8, 4) is 10.8 Å². The number of rotatable bonds is 4. The second-order valence-electron chi connectivity index (χ2n) is 3.65. The fourth-order valence-electron chi connectivity index (χ4n) is 1.34. The smallest absolute Gasteiger partial charge is 0.268 e. The molecule has 0 spiro atoms. The summed E-state index contributed by atoms with van der Waals surface area (Å²) in [5.74, 6) is 1.33. The van der Waals surface area contributed by atoms with Crippen LogP contribution in [0.1, 0.15) is 23.2 Å². The van der Waals surface area contributed by atoms with Gasteiger partial charge >= 0.3 is 0 Å². The molecule has 0 unspecified atom stereocenters. The monoisotopic (exact) mass is 237 g/mol. The van der Waals surface area contributed by atoms with Crippen LogP contribution in [0.15, 0.2) is 10.6 Å². The van der Waals surface area contributed by atoms with E-state index < -0.39 is 0 Å². The van der Waals surface area contributed by atoms with Gasteiger partial charge in [0.05, 0.1) is 11.4 Å². The van der Waals surface area contributed by atoms with Crippen molar-refractivity contribution in [3.63, 3.8) is 0 Å². The van der Waals surface area contributed by atoms with E-state index in [1.54, 1.807) is 11.3 Å². The predicted molar refractivity (Wildman–Crippen MR) is 64.5 cm³/mol. The maximum absolute atomic E-state index is 5.23. The summed E-state index contributed by atoms with van der Waals surface area (Å²) in [6.07, 6.45) is 0. The third-order valence-electron chi connectivity index (χ3n) is 2.38. The molecule has 0 aromatic carbocycles. The van der Waals surface area contributed by atoms with E-state index in [-0.39, 0.29) is 0 Å². The van der Waals surface area contributed by atoms with Crippen molar-refractivity contribution < 1.29 is 4.52 Å². The van der Waals surface area contributed by atoms with E-state index in [9.17, 15) is 0 Å². The Bertz CT molecular complexity index is 456. The highest BCUT2D eigenvalue weighted by molar-refractivity contribution is 7.15. The Kier molecular flexibility index (Phi) is 3.36. The minimum Gasteiger partial charge on any atom is -0.333 e. The van der Waals surface area contributed by atoms with Gasteiger partial charge in [-0.3, -0.25) is 0 Å². The van der Waals surface area contributed by atoms with Crippen molar-refractivity contribution in [2.24, 2.45) is 0 Å². The second kappa shape index (κ2) is 4.76. The fourth-order valence-corrected chi connectivity index (χ4v) is 2.30. The normalized spacial score (nSPS) is 10.9. The van der Waals surface area contributed by atoms with Gasteiger partial charge in [0.2, 0.25) is 0 Å². The molecule has 86 valence electrons. The minimum atomic E-state index is 0.620. The topological polar surface area (TPSA) is 51.0 Å². The maximum Gasteiger partial charge on any atom is 0.268 e. The fraction of sp³-hybridized carbons (Fsp3) is 0.455. The van der Waals surface area contributed by atoms with Crippen LogP contribution >= 0.6 is 11.3 Å². The molecule has 0 radical (unpaired) electrons. The number of nitrogens with one attached hydrogen (secondary N) is 1. The molecule has 5 heteroatoms. The molecule has 2 rings (SSSR count). The number of thiophene rings is 1. The average Bonchev–Trinajstić information content (AvgIpc) is 2.84.